The van der Waals surface area contributed by atoms with E-state index >= 15 is 0 Å². The van der Waals surface area contributed by atoms with Gasteiger partial charge < -0.3 is 15.4 Å². The smallest absolute Gasteiger partial charge is 0.402 e. The highest BCUT2D eigenvalue weighted by Gasteiger charge is 2.52. The van der Waals surface area contributed by atoms with Crippen LogP contribution in [0.25, 0.3) is 5.70 Å². The Labute approximate surface area is 230 Å². The van der Waals surface area contributed by atoms with E-state index in [4.69, 9.17) is 16.3 Å². The van der Waals surface area contributed by atoms with Gasteiger partial charge in [-0.3, -0.25) is 4.79 Å². The van der Waals surface area contributed by atoms with Gasteiger partial charge in [0, 0.05) is 22.8 Å². The molecule has 3 amide bonds. The molecule has 0 radical (unpaired) electrons. The number of ether oxygens (including phenoxy) is 1. The van der Waals surface area contributed by atoms with E-state index in [0.29, 0.717) is 46.3 Å². The summed E-state index contributed by atoms with van der Waals surface area (Å²) < 4.78 is 45.5. The molecule has 2 aromatic rings. The number of nitrogens with one attached hydrogen (secondary N) is 2. The van der Waals surface area contributed by atoms with Crippen LogP contribution in [0.1, 0.15) is 63.1 Å². The van der Waals surface area contributed by atoms with Crippen molar-refractivity contribution < 1.29 is 27.5 Å². The third kappa shape index (κ3) is 7.01. The first kappa shape index (κ1) is 28.7. The molecule has 1 unspecified atom stereocenters. The Morgan fingerprint density at radius 1 is 1.18 bits per heavy atom. The molecule has 2 aliphatic rings. The molecule has 0 aromatic heterocycles. The molecule has 2 N–H and O–H groups in total. The molecule has 1 aliphatic carbocycles. The Bertz CT molecular complexity index is 1300. The molecule has 6 nitrogen and oxygen atoms in total. The Kier molecular flexibility index (Phi) is 8.39. The topological polar surface area (TPSA) is 79.8 Å². The van der Waals surface area contributed by atoms with Gasteiger partial charge >= 0.3 is 12.2 Å². The number of nitrogens with zero attached hydrogens (tertiary/aromatic N) is 1. The monoisotopic (exact) mass is 561 g/mol. The van der Waals surface area contributed by atoms with Gasteiger partial charge in [-0.25, -0.2) is 4.79 Å². The molecule has 0 spiro atoms. The molecule has 1 saturated carbocycles. The van der Waals surface area contributed by atoms with Crippen LogP contribution in [0.2, 0.25) is 5.02 Å². The largest absolute Gasteiger partial charge is 0.490 e. The maximum absolute atomic E-state index is 13.2. The van der Waals surface area contributed by atoms with Crippen LogP contribution in [0.15, 0.2) is 53.5 Å². The van der Waals surface area contributed by atoms with Gasteiger partial charge in [0.05, 0.1) is 11.8 Å². The maximum atomic E-state index is 13.2. The van der Waals surface area contributed by atoms with Crippen molar-refractivity contribution in [1.82, 2.24) is 10.6 Å². The van der Waals surface area contributed by atoms with Gasteiger partial charge in [0.2, 0.25) is 5.91 Å². The molecule has 39 heavy (non-hydrogen) atoms. The number of urea groups is 1. The van der Waals surface area contributed by atoms with Crippen LogP contribution in [0.4, 0.5) is 18.0 Å². The Balaban J connectivity index is 1.42. The number of hydrogen-bond acceptors (Lipinski definition) is 3. The molecule has 2 aromatic carbocycles. The third-order valence-corrected chi connectivity index (χ3v) is 7.38. The second kappa shape index (κ2) is 11.4. The highest BCUT2D eigenvalue weighted by atomic mass is 35.5. The molecule has 1 aliphatic heterocycles. The standard InChI is InChI=1S/C29H31ClF3N3O3/c1-17(19-8-9-19)39-21-12-10-20(11-13-21)24-5-4-6-25(36-27(38)35-24)22-15-18(7-14-23(22)30)16-34-26(37)28(2,3)29(31,32)33/h6-7,10-15,17,19H,4-5,8-9,16H2,1-3H3,(H,34,37)(H,36,38)/b25-6+,35-24?. The fraction of sp³-hybridized carbons (Fsp3) is 0.414. The second-order valence-electron chi connectivity index (χ2n) is 10.4. The number of carbonyl (C=O) groups excluding carboxylic acids is 2. The van der Waals surface area contributed by atoms with E-state index in [9.17, 15) is 22.8 Å². The van der Waals surface area contributed by atoms with Crippen LogP contribution in [-0.2, 0) is 11.3 Å². The number of amides is 3. The minimum absolute atomic E-state index is 0.134. The summed E-state index contributed by atoms with van der Waals surface area (Å²) in [7, 11) is 0. The van der Waals surface area contributed by atoms with E-state index in [1.165, 1.54) is 12.8 Å². The normalized spacial score (nSPS) is 18.6. The highest BCUT2D eigenvalue weighted by molar-refractivity contribution is 6.32. The van der Waals surface area contributed by atoms with E-state index < -0.39 is 23.5 Å². The van der Waals surface area contributed by atoms with Gasteiger partial charge in [0.15, 0.2) is 0 Å². The van der Waals surface area contributed by atoms with Gasteiger partial charge in [-0.2, -0.15) is 18.2 Å². The lowest BCUT2D eigenvalue weighted by Crippen LogP contribution is -2.46. The van der Waals surface area contributed by atoms with Crippen molar-refractivity contribution in [2.24, 2.45) is 16.3 Å². The molecule has 4 rings (SSSR count). The lowest BCUT2D eigenvalue weighted by Gasteiger charge is -2.26. The summed E-state index contributed by atoms with van der Waals surface area (Å²) in [6.45, 7) is 3.60. The summed E-state index contributed by atoms with van der Waals surface area (Å²) in [5.74, 6) is 0.270. The van der Waals surface area contributed by atoms with Crippen molar-refractivity contribution in [3.8, 4) is 5.75 Å². The molecule has 1 heterocycles. The molecule has 10 heteroatoms. The molecule has 208 valence electrons. The zero-order valence-electron chi connectivity index (χ0n) is 22.0. The number of halogens is 4. The first-order valence-electron chi connectivity index (χ1n) is 12.8. The lowest BCUT2D eigenvalue weighted by atomic mass is 9.91. The number of rotatable bonds is 8. The first-order chi connectivity index (χ1) is 18.3. The van der Waals surface area contributed by atoms with Crippen molar-refractivity contribution in [1.29, 1.82) is 0 Å². The maximum Gasteiger partial charge on any atom is 0.402 e. The van der Waals surface area contributed by atoms with Crippen molar-refractivity contribution in [3.63, 3.8) is 0 Å². The third-order valence-electron chi connectivity index (χ3n) is 7.05. The number of benzene rings is 2. The Hall–Kier alpha value is -3.33. The van der Waals surface area contributed by atoms with Crippen molar-refractivity contribution in [3.05, 3.63) is 70.3 Å². The average molecular weight is 562 g/mol. The number of allylic oxidation sites excluding steroid dienone is 1. The SMILES string of the molecule is CC(Oc1ccc(C2=NC(=O)N/C(c3cc(CNC(=O)C(C)(C)C(F)(F)F)ccc3Cl)=C/CC2)cc1)C1CC1. The van der Waals surface area contributed by atoms with E-state index in [1.807, 2.05) is 30.3 Å². The fourth-order valence-electron chi connectivity index (χ4n) is 4.14. The number of hydrogen-bond donors (Lipinski definition) is 2. The predicted octanol–water partition coefficient (Wildman–Crippen LogP) is 7.06. The van der Waals surface area contributed by atoms with Crippen LogP contribution in [-0.4, -0.2) is 29.9 Å². The van der Waals surface area contributed by atoms with E-state index in [-0.39, 0.29) is 12.6 Å². The van der Waals surface area contributed by atoms with Crippen LogP contribution < -0.4 is 15.4 Å². The van der Waals surface area contributed by atoms with Crippen LogP contribution >= 0.6 is 11.6 Å². The minimum Gasteiger partial charge on any atom is -0.490 e. The quantitative estimate of drug-likeness (QED) is 0.362. The van der Waals surface area contributed by atoms with Crippen molar-refractivity contribution >= 4 is 34.9 Å². The molecule has 1 fully saturated rings. The number of aliphatic imine (C=N–C) groups is 1. The fourth-order valence-corrected chi connectivity index (χ4v) is 4.35. The number of alkyl halides is 3. The molecular formula is C29H31ClF3N3O3. The van der Waals surface area contributed by atoms with Gasteiger partial charge in [-0.15, -0.1) is 0 Å². The minimum atomic E-state index is -4.68. The lowest BCUT2D eigenvalue weighted by molar-refractivity contribution is -0.211. The van der Waals surface area contributed by atoms with E-state index in [1.54, 1.807) is 18.2 Å². The molecule has 0 saturated heterocycles. The summed E-state index contributed by atoms with van der Waals surface area (Å²) in [4.78, 5) is 29.2. The van der Waals surface area contributed by atoms with Crippen molar-refractivity contribution in [2.75, 3.05) is 0 Å². The summed E-state index contributed by atoms with van der Waals surface area (Å²) in [5, 5.41) is 5.43. The zero-order valence-corrected chi connectivity index (χ0v) is 22.7. The van der Waals surface area contributed by atoms with Crippen molar-refractivity contribution in [2.45, 2.75) is 65.3 Å². The summed E-state index contributed by atoms with van der Waals surface area (Å²) in [5.41, 5.74) is 0.383. The van der Waals surface area contributed by atoms with E-state index in [2.05, 4.69) is 22.5 Å². The van der Waals surface area contributed by atoms with Gasteiger partial charge in [0.1, 0.15) is 11.2 Å². The van der Waals surface area contributed by atoms with E-state index in [0.717, 1.165) is 25.2 Å². The molecule has 0 bridgehead atoms. The summed E-state index contributed by atoms with van der Waals surface area (Å²) in [6.07, 6.45) is 0.799. The molecular weight excluding hydrogens is 531 g/mol. The van der Waals surface area contributed by atoms with Gasteiger partial charge in [-0.1, -0.05) is 23.7 Å². The summed E-state index contributed by atoms with van der Waals surface area (Å²) >= 11 is 6.39. The Morgan fingerprint density at radius 2 is 1.87 bits per heavy atom. The van der Waals surface area contributed by atoms with Crippen LogP contribution in [0.3, 0.4) is 0 Å². The van der Waals surface area contributed by atoms with Crippen LogP contribution in [0, 0.1) is 11.3 Å². The highest BCUT2D eigenvalue weighted by Crippen LogP contribution is 2.38. The van der Waals surface area contributed by atoms with Gasteiger partial charge in [-0.05, 0) is 99.9 Å². The van der Waals surface area contributed by atoms with Gasteiger partial charge in [0.25, 0.3) is 0 Å². The summed E-state index contributed by atoms with van der Waals surface area (Å²) in [6, 6.07) is 11.8. The zero-order chi connectivity index (χ0) is 28.4. The van der Waals surface area contributed by atoms with Crippen LogP contribution in [0.5, 0.6) is 5.75 Å². The first-order valence-corrected chi connectivity index (χ1v) is 13.2. The average Bonchev–Trinajstić information content (AvgIpc) is 3.71. The number of carbonyl (C=O) groups is 2. The second-order valence-corrected chi connectivity index (χ2v) is 10.9. The Morgan fingerprint density at radius 3 is 2.51 bits per heavy atom. The molecule has 1 atom stereocenters. The predicted molar refractivity (Wildman–Crippen MR) is 145 cm³/mol.